The van der Waals surface area contributed by atoms with Crippen molar-refractivity contribution in [3.63, 3.8) is 0 Å². The van der Waals surface area contributed by atoms with Crippen molar-refractivity contribution in [2.75, 3.05) is 29.9 Å². The molecule has 0 bridgehead atoms. The summed E-state index contributed by atoms with van der Waals surface area (Å²) in [4.78, 5) is 15.4. The molecule has 1 saturated heterocycles. The topological polar surface area (TPSA) is 77.0 Å². The van der Waals surface area contributed by atoms with Gasteiger partial charge in [-0.3, -0.25) is 4.98 Å². The van der Waals surface area contributed by atoms with Gasteiger partial charge in [-0.05, 0) is 19.8 Å². The number of aromatic nitrogens is 3. The molecule has 0 spiro atoms. The van der Waals surface area contributed by atoms with Crippen LogP contribution in [0.5, 0.6) is 0 Å². The van der Waals surface area contributed by atoms with Crippen LogP contribution in [0.4, 0.5) is 17.5 Å². The largest absolute Gasteiger partial charge is 0.627 e. The first-order valence-electron chi connectivity index (χ1n) is 8.55. The van der Waals surface area contributed by atoms with E-state index >= 15 is 0 Å². The minimum Gasteiger partial charge on any atom is -0.627 e. The molecule has 1 fully saturated rings. The lowest BCUT2D eigenvalue weighted by Crippen LogP contribution is -2.48. The normalized spacial score (nSPS) is 25.8. The van der Waals surface area contributed by atoms with Crippen molar-refractivity contribution in [1.82, 2.24) is 19.6 Å². The number of hydroxylamine groups is 2. The lowest BCUT2D eigenvalue weighted by molar-refractivity contribution is 0.345. The van der Waals surface area contributed by atoms with E-state index in [1.807, 2.05) is 25.3 Å². The molecule has 2 aliphatic rings. The molecule has 2 atom stereocenters. The van der Waals surface area contributed by atoms with E-state index in [0.29, 0.717) is 19.0 Å². The summed E-state index contributed by atoms with van der Waals surface area (Å²) >= 11 is 0. The average Bonchev–Trinajstić information content (AvgIpc) is 3.00. The van der Waals surface area contributed by atoms with Crippen LogP contribution in [0.1, 0.15) is 25.3 Å². The predicted octanol–water partition coefficient (Wildman–Crippen LogP) is 2.29. The van der Waals surface area contributed by atoms with Crippen LogP contribution >= 0.6 is 0 Å². The van der Waals surface area contributed by atoms with E-state index in [9.17, 15) is 5.21 Å². The molecule has 2 aromatic rings. The Hall–Kier alpha value is -2.25. The molecule has 0 saturated carbocycles. The van der Waals surface area contributed by atoms with Gasteiger partial charge in [0, 0.05) is 43.8 Å². The van der Waals surface area contributed by atoms with E-state index in [-0.39, 0.29) is 10.7 Å². The van der Waals surface area contributed by atoms with Crippen molar-refractivity contribution < 1.29 is 0 Å². The van der Waals surface area contributed by atoms with Crippen molar-refractivity contribution in [3.8, 4) is 0 Å². The molecular weight excluding hydrogens is 304 g/mol. The number of quaternary nitrogens is 1. The Kier molecular flexibility index (Phi) is 3.82. The van der Waals surface area contributed by atoms with Gasteiger partial charge in [0.05, 0.1) is 11.6 Å². The molecule has 0 radical (unpaired) electrons. The van der Waals surface area contributed by atoms with Gasteiger partial charge >= 0.3 is 0 Å². The number of pyridine rings is 1. The third-order valence-corrected chi connectivity index (χ3v) is 4.89. The van der Waals surface area contributed by atoms with Crippen molar-refractivity contribution >= 4 is 17.5 Å². The Morgan fingerprint density at radius 3 is 3.00 bits per heavy atom. The van der Waals surface area contributed by atoms with E-state index in [0.717, 1.165) is 43.0 Å². The summed E-state index contributed by atoms with van der Waals surface area (Å²) in [5.41, 5.74) is 1.67. The summed E-state index contributed by atoms with van der Waals surface area (Å²) in [5, 5.41) is 16.8. The third kappa shape index (κ3) is 2.59. The van der Waals surface area contributed by atoms with Crippen LogP contribution in [0.3, 0.4) is 0 Å². The van der Waals surface area contributed by atoms with Crippen LogP contribution in [0.15, 0.2) is 30.7 Å². The van der Waals surface area contributed by atoms with Crippen LogP contribution in [-0.4, -0.2) is 40.6 Å². The van der Waals surface area contributed by atoms with Crippen LogP contribution in [0.2, 0.25) is 0 Å². The molecule has 0 amide bonds. The smallest absolute Gasteiger partial charge is 0.224 e. The van der Waals surface area contributed by atoms with E-state index in [1.165, 1.54) is 0 Å². The zero-order chi connectivity index (χ0) is 16.6. The molecule has 24 heavy (non-hydrogen) atoms. The van der Waals surface area contributed by atoms with Crippen molar-refractivity contribution in [1.29, 1.82) is 0 Å². The SMILES string of the molecule is CCNc1ncc2c(n1)N1CCCC1C[N+]([O-])(c1ccncc1)C2. The summed E-state index contributed by atoms with van der Waals surface area (Å²) in [6.07, 6.45) is 7.33. The highest BCUT2D eigenvalue weighted by molar-refractivity contribution is 5.56. The second-order valence-electron chi connectivity index (χ2n) is 6.50. The Balaban J connectivity index is 1.78. The monoisotopic (exact) mass is 326 g/mol. The number of nitrogens with zero attached hydrogens (tertiary/aromatic N) is 5. The molecule has 126 valence electrons. The minimum atomic E-state index is -0.374. The Bertz CT molecular complexity index is 724. The minimum absolute atomic E-state index is 0.223. The number of hydrogen-bond acceptors (Lipinski definition) is 6. The number of fused-ring (bicyclic) bond motifs is 3. The predicted molar refractivity (Wildman–Crippen MR) is 94.5 cm³/mol. The van der Waals surface area contributed by atoms with Gasteiger partial charge in [0.25, 0.3) is 0 Å². The summed E-state index contributed by atoms with van der Waals surface area (Å²) in [7, 11) is 0. The summed E-state index contributed by atoms with van der Waals surface area (Å²) in [6, 6.07) is 3.87. The first kappa shape index (κ1) is 15.3. The summed E-state index contributed by atoms with van der Waals surface area (Å²) < 4.78 is -0.374. The zero-order valence-electron chi connectivity index (χ0n) is 13.9. The third-order valence-electron chi connectivity index (χ3n) is 4.89. The number of nitrogens with one attached hydrogen (secondary N) is 1. The van der Waals surface area contributed by atoms with Gasteiger partial charge in [-0.2, -0.15) is 4.98 Å². The first-order chi connectivity index (χ1) is 11.7. The Labute approximate surface area is 141 Å². The number of anilines is 2. The quantitative estimate of drug-likeness (QED) is 0.689. The van der Waals surface area contributed by atoms with Gasteiger partial charge in [-0.15, -0.1) is 0 Å². The molecule has 1 N–H and O–H groups in total. The summed E-state index contributed by atoms with van der Waals surface area (Å²) in [5.74, 6) is 1.56. The lowest BCUT2D eigenvalue weighted by Gasteiger charge is -2.42. The van der Waals surface area contributed by atoms with Gasteiger partial charge in [-0.25, -0.2) is 4.98 Å². The van der Waals surface area contributed by atoms with Crippen LogP contribution < -0.4 is 14.9 Å². The van der Waals surface area contributed by atoms with E-state index < -0.39 is 0 Å². The molecule has 7 heteroatoms. The lowest BCUT2D eigenvalue weighted by atomic mass is 10.2. The molecule has 4 rings (SSSR count). The van der Waals surface area contributed by atoms with E-state index in [4.69, 9.17) is 4.98 Å². The van der Waals surface area contributed by atoms with Gasteiger partial charge in [0.15, 0.2) is 0 Å². The maximum absolute atomic E-state index is 13.7. The van der Waals surface area contributed by atoms with Crippen molar-refractivity contribution in [2.24, 2.45) is 0 Å². The first-order valence-corrected chi connectivity index (χ1v) is 8.55. The van der Waals surface area contributed by atoms with Crippen LogP contribution in [0, 0.1) is 5.21 Å². The maximum atomic E-state index is 13.7. The second-order valence-corrected chi connectivity index (χ2v) is 6.50. The molecule has 2 unspecified atom stereocenters. The Morgan fingerprint density at radius 2 is 2.21 bits per heavy atom. The average molecular weight is 326 g/mol. The van der Waals surface area contributed by atoms with Gasteiger partial charge in [0.2, 0.25) is 5.95 Å². The molecule has 0 aliphatic carbocycles. The zero-order valence-corrected chi connectivity index (χ0v) is 13.9. The Morgan fingerprint density at radius 1 is 1.38 bits per heavy atom. The maximum Gasteiger partial charge on any atom is 0.224 e. The number of hydrogen-bond donors (Lipinski definition) is 1. The molecule has 0 aromatic carbocycles. The van der Waals surface area contributed by atoms with Gasteiger partial charge in [0.1, 0.15) is 24.6 Å². The van der Waals surface area contributed by atoms with E-state index in [1.54, 1.807) is 12.4 Å². The summed E-state index contributed by atoms with van der Waals surface area (Å²) in [6.45, 7) is 4.66. The molecule has 4 heterocycles. The molecule has 2 aliphatic heterocycles. The number of rotatable bonds is 3. The molecular formula is C17H22N6O. The highest BCUT2D eigenvalue weighted by Gasteiger charge is 2.38. The van der Waals surface area contributed by atoms with Crippen molar-refractivity contribution in [3.05, 3.63) is 41.5 Å². The highest BCUT2D eigenvalue weighted by atomic mass is 16.5. The second kappa shape index (κ2) is 5.99. The molecule has 2 aromatic heterocycles. The molecule has 7 nitrogen and oxygen atoms in total. The van der Waals surface area contributed by atoms with Gasteiger partial charge in [-0.1, -0.05) is 0 Å². The standard InChI is InChI=1S/C17H22N6O/c1-2-19-17-20-10-13-11-23(24,15-5-7-18-8-6-15)12-14-4-3-9-22(14)16(13)21-17/h5-8,10,14H,2-4,9,11-12H2,1H3,(H,19,20,21). The fourth-order valence-corrected chi connectivity index (χ4v) is 3.80. The van der Waals surface area contributed by atoms with Crippen LogP contribution in [0.25, 0.3) is 0 Å². The highest BCUT2D eigenvalue weighted by Crippen LogP contribution is 2.37. The van der Waals surface area contributed by atoms with Gasteiger partial charge < -0.3 is 20.1 Å². The van der Waals surface area contributed by atoms with E-state index in [2.05, 4.69) is 20.2 Å². The fraction of sp³-hybridized carbons (Fsp3) is 0.471. The van der Waals surface area contributed by atoms with Crippen molar-refractivity contribution in [2.45, 2.75) is 32.4 Å². The van der Waals surface area contributed by atoms with Crippen LogP contribution in [-0.2, 0) is 6.54 Å². The fourth-order valence-electron chi connectivity index (χ4n) is 3.80.